The Morgan fingerprint density at radius 1 is 1.32 bits per heavy atom. The van der Waals surface area contributed by atoms with E-state index in [-0.39, 0.29) is 12.5 Å². The summed E-state index contributed by atoms with van der Waals surface area (Å²) in [7, 11) is -3.50. The highest BCUT2D eigenvalue weighted by atomic mass is 32.2. The molecular formula is C14H22O4S. The minimum Gasteiger partial charge on any atom is -0.452 e. The third-order valence-corrected chi connectivity index (χ3v) is 6.35. The van der Waals surface area contributed by atoms with E-state index in [0.717, 1.165) is 19.3 Å². The predicted molar refractivity (Wildman–Crippen MR) is 74.2 cm³/mol. The van der Waals surface area contributed by atoms with Crippen molar-refractivity contribution in [3.63, 3.8) is 0 Å². The van der Waals surface area contributed by atoms with Gasteiger partial charge >= 0.3 is 5.97 Å². The van der Waals surface area contributed by atoms with Gasteiger partial charge in [0.25, 0.3) is 0 Å². The average Bonchev–Trinajstić information content (AvgIpc) is 2.36. The van der Waals surface area contributed by atoms with Crippen LogP contribution in [-0.4, -0.2) is 31.5 Å². The van der Waals surface area contributed by atoms with Crippen molar-refractivity contribution in [3.05, 3.63) is 0 Å². The number of ether oxygens (including phenoxy) is 1. The van der Waals surface area contributed by atoms with E-state index >= 15 is 0 Å². The van der Waals surface area contributed by atoms with Crippen molar-refractivity contribution < 1.29 is 17.9 Å². The molecule has 5 heteroatoms. The molecule has 0 radical (unpaired) electrons. The molecule has 0 amide bonds. The fourth-order valence-corrected chi connectivity index (χ4v) is 5.08. The first-order chi connectivity index (χ1) is 8.91. The molecule has 1 aliphatic carbocycles. The highest BCUT2D eigenvalue weighted by molar-refractivity contribution is 7.93. The van der Waals surface area contributed by atoms with Gasteiger partial charge in [0.15, 0.2) is 21.7 Å². The zero-order valence-corrected chi connectivity index (χ0v) is 12.4. The van der Waals surface area contributed by atoms with E-state index in [4.69, 9.17) is 11.2 Å². The second-order valence-electron chi connectivity index (χ2n) is 5.33. The summed E-state index contributed by atoms with van der Waals surface area (Å²) in [6, 6.07) is 0. The minimum atomic E-state index is -3.50. The van der Waals surface area contributed by atoms with Crippen molar-refractivity contribution in [1.82, 2.24) is 0 Å². The van der Waals surface area contributed by atoms with Crippen LogP contribution in [0.15, 0.2) is 0 Å². The van der Waals surface area contributed by atoms with Crippen LogP contribution < -0.4 is 0 Å². The second kappa shape index (κ2) is 6.95. The quantitative estimate of drug-likeness (QED) is 0.572. The van der Waals surface area contributed by atoms with Gasteiger partial charge in [-0.1, -0.05) is 39.0 Å². The number of carbonyl (C=O) groups is 1. The van der Waals surface area contributed by atoms with Crippen molar-refractivity contribution in [2.24, 2.45) is 5.92 Å². The van der Waals surface area contributed by atoms with Gasteiger partial charge in [-0.3, -0.25) is 4.79 Å². The van der Waals surface area contributed by atoms with Crippen LogP contribution in [0, 0.1) is 18.3 Å². The smallest absolute Gasteiger partial charge is 0.325 e. The largest absolute Gasteiger partial charge is 0.452 e. The molecule has 0 spiro atoms. The maximum absolute atomic E-state index is 12.6. The van der Waals surface area contributed by atoms with Gasteiger partial charge in [0.05, 0.1) is 5.25 Å². The van der Waals surface area contributed by atoms with E-state index in [0.29, 0.717) is 12.8 Å². The summed E-state index contributed by atoms with van der Waals surface area (Å²) in [6.45, 7) is 3.27. The fraction of sp³-hybridized carbons (Fsp3) is 0.786. The van der Waals surface area contributed by atoms with Gasteiger partial charge in [-0.05, 0) is 18.8 Å². The second-order valence-corrected chi connectivity index (χ2v) is 7.68. The number of hydrogen-bond acceptors (Lipinski definition) is 4. The Morgan fingerprint density at radius 2 is 1.89 bits per heavy atom. The summed E-state index contributed by atoms with van der Waals surface area (Å²) in [5, 5.41) is -1.50. The van der Waals surface area contributed by atoms with Crippen LogP contribution in [0.1, 0.15) is 46.0 Å². The Hall–Kier alpha value is -1.02. The first-order valence-electron chi connectivity index (χ1n) is 6.74. The Labute approximate surface area is 115 Å². The van der Waals surface area contributed by atoms with Gasteiger partial charge in [0.2, 0.25) is 0 Å². The molecule has 0 N–H and O–H groups in total. The summed E-state index contributed by atoms with van der Waals surface area (Å²) >= 11 is 0. The highest BCUT2D eigenvalue weighted by Gasteiger charge is 2.42. The molecule has 0 aromatic carbocycles. The molecule has 0 aliphatic heterocycles. The SMILES string of the molecule is C#CCOC(=O)[C@H](C(C)C)S(=O)(=O)C1CCCCC1. The van der Waals surface area contributed by atoms with Crippen LogP contribution >= 0.6 is 0 Å². The van der Waals surface area contributed by atoms with Gasteiger partial charge in [-0.25, -0.2) is 8.42 Å². The lowest BCUT2D eigenvalue weighted by Crippen LogP contribution is -2.42. The molecule has 4 nitrogen and oxygen atoms in total. The van der Waals surface area contributed by atoms with Gasteiger partial charge in [0.1, 0.15) is 0 Å². The zero-order chi connectivity index (χ0) is 14.5. The monoisotopic (exact) mass is 286 g/mol. The maximum atomic E-state index is 12.6. The molecule has 0 saturated heterocycles. The van der Waals surface area contributed by atoms with E-state index < -0.39 is 26.3 Å². The number of esters is 1. The molecular weight excluding hydrogens is 264 g/mol. The maximum Gasteiger partial charge on any atom is 0.325 e. The third kappa shape index (κ3) is 3.97. The molecule has 108 valence electrons. The van der Waals surface area contributed by atoms with Crippen LogP contribution in [0.25, 0.3) is 0 Å². The summed E-state index contributed by atoms with van der Waals surface area (Å²) < 4.78 is 30.0. The number of rotatable bonds is 5. The zero-order valence-electron chi connectivity index (χ0n) is 11.6. The molecule has 0 aromatic rings. The number of carbonyl (C=O) groups excluding carboxylic acids is 1. The van der Waals surface area contributed by atoms with E-state index in [1.165, 1.54) is 0 Å². The lowest BCUT2D eigenvalue weighted by atomic mass is 10.0. The topological polar surface area (TPSA) is 60.4 Å². The standard InChI is InChI=1S/C14H22O4S/c1-4-10-18-14(15)13(11(2)3)19(16,17)12-8-6-5-7-9-12/h1,11-13H,5-10H2,2-3H3/t13-/m0/s1. The van der Waals surface area contributed by atoms with Crippen molar-refractivity contribution in [2.75, 3.05) is 6.61 Å². The van der Waals surface area contributed by atoms with Crippen LogP contribution in [-0.2, 0) is 19.4 Å². The number of hydrogen-bond donors (Lipinski definition) is 0. The van der Waals surface area contributed by atoms with E-state index in [2.05, 4.69) is 5.92 Å². The Bertz CT molecular complexity index is 439. The van der Waals surface area contributed by atoms with E-state index in [1.807, 2.05) is 0 Å². The molecule has 0 heterocycles. The lowest BCUT2D eigenvalue weighted by Gasteiger charge is -2.27. The normalized spacial score (nSPS) is 18.8. The first-order valence-corrected chi connectivity index (χ1v) is 8.35. The van der Waals surface area contributed by atoms with Crippen LogP contribution in [0.5, 0.6) is 0 Å². The molecule has 0 unspecified atom stereocenters. The predicted octanol–water partition coefficient (Wildman–Crippen LogP) is 1.93. The summed E-state index contributed by atoms with van der Waals surface area (Å²) in [4.78, 5) is 11.9. The van der Waals surface area contributed by atoms with Crippen molar-refractivity contribution >= 4 is 15.8 Å². The van der Waals surface area contributed by atoms with Crippen LogP contribution in [0.4, 0.5) is 0 Å². The van der Waals surface area contributed by atoms with Crippen LogP contribution in [0.3, 0.4) is 0 Å². The third-order valence-electron chi connectivity index (χ3n) is 3.51. The molecule has 0 bridgehead atoms. The summed E-state index contributed by atoms with van der Waals surface area (Å²) in [6.07, 6.45) is 9.21. The fourth-order valence-electron chi connectivity index (χ4n) is 2.58. The van der Waals surface area contributed by atoms with E-state index in [9.17, 15) is 13.2 Å². The lowest BCUT2D eigenvalue weighted by molar-refractivity contribution is -0.142. The van der Waals surface area contributed by atoms with Gasteiger partial charge in [0, 0.05) is 0 Å². The van der Waals surface area contributed by atoms with Gasteiger partial charge in [-0.2, -0.15) is 0 Å². The van der Waals surface area contributed by atoms with Crippen LogP contribution in [0.2, 0.25) is 0 Å². The molecule has 1 rings (SSSR count). The molecule has 19 heavy (non-hydrogen) atoms. The summed E-state index contributed by atoms with van der Waals surface area (Å²) in [5.41, 5.74) is 0. The van der Waals surface area contributed by atoms with Gasteiger partial charge < -0.3 is 4.74 Å². The van der Waals surface area contributed by atoms with Crippen molar-refractivity contribution in [1.29, 1.82) is 0 Å². The van der Waals surface area contributed by atoms with Gasteiger partial charge in [-0.15, -0.1) is 6.42 Å². The first kappa shape index (κ1) is 16.0. The molecule has 1 aliphatic rings. The minimum absolute atomic E-state index is 0.178. The Kier molecular flexibility index (Phi) is 5.86. The Balaban J connectivity index is 2.91. The molecule has 1 saturated carbocycles. The number of sulfone groups is 1. The number of terminal acetylenes is 1. The van der Waals surface area contributed by atoms with Crippen molar-refractivity contribution in [3.8, 4) is 12.3 Å². The highest BCUT2D eigenvalue weighted by Crippen LogP contribution is 2.29. The van der Waals surface area contributed by atoms with Crippen molar-refractivity contribution in [2.45, 2.75) is 56.5 Å². The molecule has 1 fully saturated rings. The Morgan fingerprint density at radius 3 is 2.37 bits per heavy atom. The molecule has 1 atom stereocenters. The summed E-state index contributed by atoms with van der Waals surface area (Å²) in [5.74, 6) is 1.17. The molecule has 0 aromatic heterocycles. The van der Waals surface area contributed by atoms with E-state index in [1.54, 1.807) is 13.8 Å². The average molecular weight is 286 g/mol.